The Morgan fingerprint density at radius 2 is 2.24 bits per heavy atom. The average Bonchev–Trinajstić information content (AvgIpc) is 2.80. The predicted molar refractivity (Wildman–Crippen MR) is 76.1 cm³/mol. The molecule has 8 heteroatoms. The predicted octanol–water partition coefficient (Wildman–Crippen LogP) is -0.278. The molecular formula is C13H9B2N5O. The molecule has 0 aliphatic heterocycles. The number of hydrogen-bond acceptors (Lipinski definition) is 5. The topological polar surface area (TPSA) is 84.5 Å². The lowest BCUT2D eigenvalue weighted by atomic mass is 9.73. The Kier molecular flexibility index (Phi) is 3.13. The lowest BCUT2D eigenvalue weighted by Gasteiger charge is -2.18. The van der Waals surface area contributed by atoms with Gasteiger partial charge in [0.05, 0.1) is 24.8 Å². The van der Waals surface area contributed by atoms with E-state index in [1.54, 1.807) is 11.6 Å². The van der Waals surface area contributed by atoms with Gasteiger partial charge < -0.3 is 0 Å². The molecule has 0 N–H and O–H groups in total. The highest BCUT2D eigenvalue weighted by Crippen LogP contribution is 2.30. The van der Waals surface area contributed by atoms with Crippen LogP contribution in [0.4, 0.5) is 0 Å². The summed E-state index contributed by atoms with van der Waals surface area (Å²) in [5.74, 6) is -0.195. The Hall–Kier alpha value is -2.42. The largest absolute Gasteiger partial charge is 0.295 e. The standard InChI is InChI=1S/C13H9B2N5O/c1-6-12-10(3-2-7(14)13(12)21)20(19-6)11-4-8(15)9(5-16)17-18-11/h4,7H,2-3H2,1H3. The van der Waals surface area contributed by atoms with Gasteiger partial charge in [-0.2, -0.15) is 10.4 Å². The van der Waals surface area contributed by atoms with Crippen molar-refractivity contribution in [1.29, 1.82) is 5.26 Å². The average molecular weight is 273 g/mol. The molecule has 21 heavy (non-hydrogen) atoms. The smallest absolute Gasteiger partial charge is 0.175 e. The summed E-state index contributed by atoms with van der Waals surface area (Å²) in [6.45, 7) is 1.76. The zero-order chi connectivity index (χ0) is 15.1. The first-order chi connectivity index (χ1) is 10.0. The van der Waals surface area contributed by atoms with Gasteiger partial charge in [0.15, 0.2) is 17.3 Å². The Bertz CT molecular complexity index is 793. The number of carbonyl (C=O) groups excluding carboxylic acids is 1. The van der Waals surface area contributed by atoms with E-state index in [0.717, 1.165) is 5.69 Å². The number of Topliss-reactive ketones (excluding diaryl/α,β-unsaturated/α-hetero) is 1. The van der Waals surface area contributed by atoms with Crippen LogP contribution in [0.15, 0.2) is 6.07 Å². The van der Waals surface area contributed by atoms with E-state index in [1.165, 1.54) is 6.07 Å². The number of hydrogen-bond donors (Lipinski definition) is 0. The van der Waals surface area contributed by atoms with Crippen LogP contribution in [0, 0.1) is 18.3 Å². The summed E-state index contributed by atoms with van der Waals surface area (Å²) in [6, 6.07) is 3.38. The van der Waals surface area contributed by atoms with Crippen LogP contribution in [-0.2, 0) is 6.42 Å². The molecule has 1 unspecified atom stereocenters. The molecule has 0 bridgehead atoms. The quantitative estimate of drug-likeness (QED) is 0.667. The molecule has 1 aliphatic rings. The molecule has 2 aromatic rings. The van der Waals surface area contributed by atoms with Crippen molar-refractivity contribution < 1.29 is 4.79 Å². The zero-order valence-electron chi connectivity index (χ0n) is 11.4. The lowest BCUT2D eigenvalue weighted by Crippen LogP contribution is -2.21. The molecule has 0 saturated heterocycles. The molecule has 2 heterocycles. The van der Waals surface area contributed by atoms with E-state index in [9.17, 15) is 4.79 Å². The van der Waals surface area contributed by atoms with Crippen molar-refractivity contribution in [3.05, 3.63) is 28.7 Å². The first kappa shape index (κ1) is 13.6. The first-order valence-corrected chi connectivity index (χ1v) is 6.45. The highest BCUT2D eigenvalue weighted by molar-refractivity contribution is 6.33. The third-order valence-electron chi connectivity index (χ3n) is 3.56. The van der Waals surface area contributed by atoms with E-state index in [4.69, 9.17) is 21.0 Å². The van der Waals surface area contributed by atoms with E-state index in [0.29, 0.717) is 29.9 Å². The van der Waals surface area contributed by atoms with Gasteiger partial charge >= 0.3 is 0 Å². The van der Waals surface area contributed by atoms with Gasteiger partial charge in [0, 0.05) is 0 Å². The number of aryl methyl sites for hydroxylation is 1. The van der Waals surface area contributed by atoms with Crippen molar-refractivity contribution in [1.82, 2.24) is 20.0 Å². The minimum Gasteiger partial charge on any atom is -0.295 e. The Morgan fingerprint density at radius 3 is 2.90 bits per heavy atom. The fourth-order valence-corrected chi connectivity index (χ4v) is 2.51. The number of nitrogens with zero attached hydrogens (tertiary/aromatic N) is 5. The van der Waals surface area contributed by atoms with Crippen molar-refractivity contribution in [3.63, 3.8) is 0 Å². The van der Waals surface area contributed by atoms with Crippen LogP contribution in [0.1, 0.15) is 33.9 Å². The van der Waals surface area contributed by atoms with Crippen molar-refractivity contribution in [2.45, 2.75) is 25.6 Å². The number of nitriles is 1. The number of aromatic nitrogens is 4. The second kappa shape index (κ2) is 4.85. The van der Waals surface area contributed by atoms with Crippen LogP contribution >= 0.6 is 0 Å². The minimum absolute atomic E-state index is 0.0644. The molecule has 2 aromatic heterocycles. The van der Waals surface area contributed by atoms with Crippen LogP contribution < -0.4 is 5.46 Å². The SMILES string of the molecule is [B]c1cc(-n2nc(C)c3c2CCC([B])C3=O)nnc1C#N. The highest BCUT2D eigenvalue weighted by Gasteiger charge is 2.30. The van der Waals surface area contributed by atoms with Crippen molar-refractivity contribution in [2.75, 3.05) is 0 Å². The maximum atomic E-state index is 12.2. The summed E-state index contributed by atoms with van der Waals surface area (Å²) in [5, 5.41) is 20.9. The second-order valence-electron chi connectivity index (χ2n) is 4.95. The summed E-state index contributed by atoms with van der Waals surface area (Å²) in [5.41, 5.74) is 2.21. The third kappa shape index (κ3) is 2.05. The molecule has 0 aromatic carbocycles. The third-order valence-corrected chi connectivity index (χ3v) is 3.56. The Balaban J connectivity index is 2.15. The number of rotatable bonds is 1. The van der Waals surface area contributed by atoms with Crippen LogP contribution in [0.5, 0.6) is 0 Å². The fraction of sp³-hybridized carbons (Fsp3) is 0.308. The molecule has 1 atom stereocenters. The Labute approximate surface area is 124 Å². The molecule has 6 nitrogen and oxygen atoms in total. The van der Waals surface area contributed by atoms with Gasteiger partial charge in [-0.3, -0.25) is 4.79 Å². The van der Waals surface area contributed by atoms with Gasteiger partial charge in [0.2, 0.25) is 0 Å². The summed E-state index contributed by atoms with van der Waals surface area (Å²) in [6.07, 6.45) is 1.20. The number of ketones is 1. The lowest BCUT2D eigenvalue weighted by molar-refractivity contribution is 0.0972. The van der Waals surface area contributed by atoms with Crippen LogP contribution in [-0.4, -0.2) is 41.5 Å². The van der Waals surface area contributed by atoms with E-state index in [1.807, 2.05) is 6.07 Å². The molecule has 3 rings (SSSR count). The molecular weight excluding hydrogens is 264 g/mol. The van der Waals surface area contributed by atoms with Gasteiger partial charge in [-0.15, -0.1) is 10.2 Å². The van der Waals surface area contributed by atoms with Crippen LogP contribution in [0.25, 0.3) is 5.82 Å². The van der Waals surface area contributed by atoms with Crippen molar-refractivity contribution in [3.8, 4) is 11.9 Å². The summed E-state index contributed by atoms with van der Waals surface area (Å²) in [4.78, 5) is 12.2. The molecule has 4 radical (unpaired) electrons. The molecule has 0 amide bonds. The number of fused-ring (bicyclic) bond motifs is 1. The second-order valence-corrected chi connectivity index (χ2v) is 4.95. The normalized spacial score (nSPS) is 17.3. The van der Waals surface area contributed by atoms with Gasteiger partial charge in [0.25, 0.3) is 0 Å². The maximum absolute atomic E-state index is 12.2. The van der Waals surface area contributed by atoms with Gasteiger partial charge in [-0.25, -0.2) is 4.68 Å². The molecule has 1 aliphatic carbocycles. The van der Waals surface area contributed by atoms with Gasteiger partial charge in [0.1, 0.15) is 13.9 Å². The van der Waals surface area contributed by atoms with Gasteiger partial charge in [-0.1, -0.05) is 5.46 Å². The number of carbonyl (C=O) groups is 1. The van der Waals surface area contributed by atoms with E-state index in [-0.39, 0.29) is 16.9 Å². The minimum atomic E-state index is -0.481. The maximum Gasteiger partial charge on any atom is 0.175 e. The van der Waals surface area contributed by atoms with Gasteiger partial charge in [-0.05, 0) is 31.6 Å². The molecule has 0 fully saturated rings. The zero-order valence-corrected chi connectivity index (χ0v) is 11.4. The Morgan fingerprint density at radius 1 is 1.48 bits per heavy atom. The summed E-state index contributed by atoms with van der Waals surface area (Å²) >= 11 is 0. The first-order valence-electron chi connectivity index (χ1n) is 6.45. The monoisotopic (exact) mass is 273 g/mol. The van der Waals surface area contributed by atoms with Crippen molar-refractivity contribution >= 4 is 26.9 Å². The molecule has 98 valence electrons. The molecule has 0 saturated carbocycles. The summed E-state index contributed by atoms with van der Waals surface area (Å²) < 4.78 is 1.55. The van der Waals surface area contributed by atoms with E-state index >= 15 is 0 Å². The van der Waals surface area contributed by atoms with Crippen LogP contribution in [0.2, 0.25) is 5.82 Å². The van der Waals surface area contributed by atoms with E-state index in [2.05, 4.69) is 15.3 Å². The van der Waals surface area contributed by atoms with Crippen molar-refractivity contribution in [2.24, 2.45) is 0 Å². The van der Waals surface area contributed by atoms with E-state index < -0.39 is 5.82 Å². The fourth-order valence-electron chi connectivity index (χ4n) is 2.51. The molecule has 0 spiro atoms. The summed E-state index contributed by atoms with van der Waals surface area (Å²) in [7, 11) is 11.5. The highest BCUT2D eigenvalue weighted by atomic mass is 16.1. The van der Waals surface area contributed by atoms with Crippen LogP contribution in [0.3, 0.4) is 0 Å².